The predicted octanol–water partition coefficient (Wildman–Crippen LogP) is 1.79. The van der Waals surface area contributed by atoms with Crippen LogP contribution in [0.5, 0.6) is 0 Å². The van der Waals surface area contributed by atoms with Crippen LogP contribution in [-0.2, 0) is 9.59 Å². The van der Waals surface area contributed by atoms with Crippen LogP contribution in [-0.4, -0.2) is 23.0 Å². The molecule has 4 heteroatoms. The van der Waals surface area contributed by atoms with Gasteiger partial charge in [0.25, 0.3) is 0 Å². The Morgan fingerprint density at radius 3 is 2.44 bits per heavy atom. The van der Waals surface area contributed by atoms with Gasteiger partial charge in [0.1, 0.15) is 0 Å². The number of hydrogen-bond donors (Lipinski definition) is 2. The molecule has 0 aliphatic heterocycles. The van der Waals surface area contributed by atoms with Crippen molar-refractivity contribution in [3.63, 3.8) is 0 Å². The van der Waals surface area contributed by atoms with Crippen molar-refractivity contribution >= 4 is 11.9 Å². The van der Waals surface area contributed by atoms with Gasteiger partial charge in [0.05, 0.1) is 5.92 Å². The number of carboxylic acid groups (broad SMARTS) is 1. The highest BCUT2D eigenvalue weighted by molar-refractivity contribution is 5.82. The van der Waals surface area contributed by atoms with Crippen molar-refractivity contribution in [3.8, 4) is 0 Å². The second-order valence-corrected chi connectivity index (χ2v) is 5.26. The summed E-state index contributed by atoms with van der Waals surface area (Å²) in [6.45, 7) is 5.80. The highest BCUT2D eigenvalue weighted by Gasteiger charge is 2.33. The van der Waals surface area contributed by atoms with E-state index in [0.29, 0.717) is 12.8 Å². The van der Waals surface area contributed by atoms with Crippen LogP contribution in [0.25, 0.3) is 0 Å². The van der Waals surface area contributed by atoms with E-state index in [4.69, 9.17) is 5.11 Å². The van der Waals surface area contributed by atoms with Crippen molar-refractivity contribution in [2.45, 2.75) is 52.5 Å². The first kappa shape index (κ1) is 13.0. The molecule has 0 aromatic carbocycles. The first-order valence-corrected chi connectivity index (χ1v) is 5.90. The Morgan fingerprint density at radius 1 is 1.38 bits per heavy atom. The van der Waals surface area contributed by atoms with Crippen LogP contribution >= 0.6 is 0 Å². The van der Waals surface area contributed by atoms with Gasteiger partial charge in [-0.3, -0.25) is 9.59 Å². The second-order valence-electron chi connectivity index (χ2n) is 5.26. The number of amides is 1. The average Bonchev–Trinajstić information content (AvgIpc) is 2.66. The van der Waals surface area contributed by atoms with E-state index >= 15 is 0 Å². The normalized spacial score (nSPS) is 25.4. The first-order valence-electron chi connectivity index (χ1n) is 5.90. The molecule has 2 unspecified atom stereocenters. The number of carbonyl (C=O) groups excluding carboxylic acids is 1. The molecule has 0 spiro atoms. The van der Waals surface area contributed by atoms with Crippen LogP contribution in [0.2, 0.25) is 0 Å². The minimum atomic E-state index is -0.744. The molecule has 0 radical (unpaired) electrons. The second kappa shape index (κ2) is 4.85. The van der Waals surface area contributed by atoms with Crippen molar-refractivity contribution in [1.82, 2.24) is 5.32 Å². The van der Waals surface area contributed by atoms with E-state index < -0.39 is 5.97 Å². The van der Waals surface area contributed by atoms with Gasteiger partial charge in [-0.05, 0) is 25.7 Å². The SMILES string of the molecule is CCC(C)(C)C(=O)NC1CCC(C(=O)O)C1. The zero-order valence-electron chi connectivity index (χ0n) is 10.2. The number of aliphatic carboxylic acids is 1. The fourth-order valence-corrected chi connectivity index (χ4v) is 1.88. The Labute approximate surface area is 96.4 Å². The van der Waals surface area contributed by atoms with Crippen LogP contribution in [0.15, 0.2) is 0 Å². The number of hydrogen-bond acceptors (Lipinski definition) is 2. The number of rotatable bonds is 4. The molecular weight excluding hydrogens is 206 g/mol. The largest absolute Gasteiger partial charge is 0.481 e. The first-order chi connectivity index (χ1) is 7.36. The lowest BCUT2D eigenvalue weighted by atomic mass is 9.89. The van der Waals surface area contributed by atoms with Gasteiger partial charge in [0.15, 0.2) is 0 Å². The predicted molar refractivity (Wildman–Crippen MR) is 61.0 cm³/mol. The third-order valence-corrected chi connectivity index (χ3v) is 3.62. The van der Waals surface area contributed by atoms with E-state index in [2.05, 4.69) is 5.32 Å². The maximum absolute atomic E-state index is 11.9. The van der Waals surface area contributed by atoms with Crippen molar-refractivity contribution in [2.75, 3.05) is 0 Å². The molecule has 1 fully saturated rings. The van der Waals surface area contributed by atoms with Crippen molar-refractivity contribution in [1.29, 1.82) is 0 Å². The number of carbonyl (C=O) groups is 2. The van der Waals surface area contributed by atoms with Gasteiger partial charge in [-0.1, -0.05) is 20.8 Å². The minimum absolute atomic E-state index is 0.0334. The Kier molecular flexibility index (Phi) is 3.94. The quantitative estimate of drug-likeness (QED) is 0.769. The molecular formula is C12H21NO3. The van der Waals surface area contributed by atoms with E-state index in [1.807, 2.05) is 20.8 Å². The van der Waals surface area contributed by atoms with E-state index in [1.54, 1.807) is 0 Å². The Hall–Kier alpha value is -1.06. The summed E-state index contributed by atoms with van der Waals surface area (Å²) in [6, 6.07) is 0.0411. The fourth-order valence-electron chi connectivity index (χ4n) is 1.88. The van der Waals surface area contributed by atoms with E-state index in [-0.39, 0.29) is 23.3 Å². The average molecular weight is 227 g/mol. The highest BCUT2D eigenvalue weighted by atomic mass is 16.4. The van der Waals surface area contributed by atoms with Crippen LogP contribution < -0.4 is 5.32 Å². The summed E-state index contributed by atoms with van der Waals surface area (Å²) in [4.78, 5) is 22.6. The molecule has 1 amide bonds. The minimum Gasteiger partial charge on any atom is -0.481 e. The van der Waals surface area contributed by atoms with Gasteiger partial charge in [-0.25, -0.2) is 0 Å². The van der Waals surface area contributed by atoms with Gasteiger partial charge in [-0.2, -0.15) is 0 Å². The Morgan fingerprint density at radius 2 is 2.00 bits per heavy atom. The Balaban J connectivity index is 2.46. The maximum atomic E-state index is 11.9. The Bertz CT molecular complexity index is 286. The van der Waals surface area contributed by atoms with Gasteiger partial charge in [0, 0.05) is 11.5 Å². The fraction of sp³-hybridized carbons (Fsp3) is 0.833. The molecule has 2 N–H and O–H groups in total. The summed E-state index contributed by atoms with van der Waals surface area (Å²) >= 11 is 0. The topological polar surface area (TPSA) is 66.4 Å². The molecule has 92 valence electrons. The van der Waals surface area contributed by atoms with Crippen LogP contribution in [0.4, 0.5) is 0 Å². The lowest BCUT2D eigenvalue weighted by Gasteiger charge is -2.24. The molecule has 0 bridgehead atoms. The smallest absolute Gasteiger partial charge is 0.306 e. The summed E-state index contributed by atoms with van der Waals surface area (Å²) in [5.41, 5.74) is -0.360. The summed E-state index contributed by atoms with van der Waals surface area (Å²) in [5.74, 6) is -0.993. The third-order valence-electron chi connectivity index (χ3n) is 3.62. The van der Waals surface area contributed by atoms with Gasteiger partial charge in [-0.15, -0.1) is 0 Å². The summed E-state index contributed by atoms with van der Waals surface area (Å²) in [7, 11) is 0. The monoisotopic (exact) mass is 227 g/mol. The standard InChI is InChI=1S/C12H21NO3/c1-4-12(2,3)11(16)13-9-6-5-8(7-9)10(14)15/h8-9H,4-7H2,1-3H3,(H,13,16)(H,14,15). The molecule has 0 saturated heterocycles. The van der Waals surface area contributed by atoms with Crippen molar-refractivity contribution < 1.29 is 14.7 Å². The van der Waals surface area contributed by atoms with E-state index in [9.17, 15) is 9.59 Å². The third kappa shape index (κ3) is 2.97. The van der Waals surface area contributed by atoms with Crippen LogP contribution in [0.1, 0.15) is 46.5 Å². The van der Waals surface area contributed by atoms with Crippen LogP contribution in [0.3, 0.4) is 0 Å². The molecule has 0 aromatic rings. The zero-order valence-corrected chi connectivity index (χ0v) is 10.2. The molecule has 0 aromatic heterocycles. The van der Waals surface area contributed by atoms with Gasteiger partial charge in [0.2, 0.25) is 5.91 Å². The lowest BCUT2D eigenvalue weighted by molar-refractivity contribution is -0.141. The lowest BCUT2D eigenvalue weighted by Crippen LogP contribution is -2.41. The number of carboxylic acids is 1. The molecule has 16 heavy (non-hydrogen) atoms. The summed E-state index contributed by atoms with van der Waals surface area (Å²) in [5, 5.41) is 11.8. The molecule has 1 rings (SSSR count). The highest BCUT2D eigenvalue weighted by Crippen LogP contribution is 2.27. The zero-order chi connectivity index (χ0) is 12.3. The molecule has 4 nitrogen and oxygen atoms in total. The van der Waals surface area contributed by atoms with E-state index in [1.165, 1.54) is 0 Å². The maximum Gasteiger partial charge on any atom is 0.306 e. The van der Waals surface area contributed by atoms with Crippen LogP contribution in [0, 0.1) is 11.3 Å². The van der Waals surface area contributed by atoms with E-state index in [0.717, 1.165) is 12.8 Å². The summed E-state index contributed by atoms with van der Waals surface area (Å²) < 4.78 is 0. The van der Waals surface area contributed by atoms with Crippen molar-refractivity contribution in [3.05, 3.63) is 0 Å². The molecule has 1 aliphatic carbocycles. The summed E-state index contributed by atoms with van der Waals surface area (Å²) in [6.07, 6.45) is 2.81. The van der Waals surface area contributed by atoms with Gasteiger partial charge < -0.3 is 10.4 Å². The molecule has 1 saturated carbocycles. The van der Waals surface area contributed by atoms with Crippen molar-refractivity contribution in [2.24, 2.45) is 11.3 Å². The number of nitrogens with one attached hydrogen (secondary N) is 1. The molecule has 2 atom stereocenters. The van der Waals surface area contributed by atoms with Gasteiger partial charge >= 0.3 is 5.97 Å². The molecule has 0 heterocycles. The molecule has 1 aliphatic rings.